The lowest BCUT2D eigenvalue weighted by atomic mass is 10.1. The second kappa shape index (κ2) is 22.5. The summed E-state index contributed by atoms with van der Waals surface area (Å²) in [6.45, 7) is 0.692. The fourth-order valence-corrected chi connectivity index (χ4v) is 0.995. The van der Waals surface area contributed by atoms with Crippen molar-refractivity contribution in [1.29, 1.82) is 0 Å². The molecule has 0 unspecified atom stereocenters. The molecule has 0 radical (unpaired) electrons. The summed E-state index contributed by atoms with van der Waals surface area (Å²) in [5, 5.41) is 56.3. The van der Waals surface area contributed by atoms with Crippen molar-refractivity contribution >= 4 is 5.97 Å². The van der Waals surface area contributed by atoms with Gasteiger partial charge >= 0.3 is 5.97 Å². The highest BCUT2D eigenvalue weighted by Crippen LogP contribution is 2.04. The normalized spacial score (nSPS) is 9.86. The van der Waals surface area contributed by atoms with Crippen LogP contribution in [0.15, 0.2) is 0 Å². The highest BCUT2D eigenvalue weighted by atomic mass is 16.4. The topological polar surface area (TPSA) is 159 Å². The van der Waals surface area contributed by atoms with Crippen molar-refractivity contribution < 1.29 is 40.5 Å². The Morgan fingerprint density at radius 1 is 0.773 bits per heavy atom. The van der Waals surface area contributed by atoms with Gasteiger partial charge in [-0.2, -0.15) is 0 Å². The quantitative estimate of drug-likeness (QED) is 0.254. The zero-order valence-electron chi connectivity index (χ0n) is 13.3. The molecule has 0 fully saturated rings. The van der Waals surface area contributed by atoms with Gasteiger partial charge in [-0.05, 0) is 6.42 Å². The fraction of sp³-hybridized carbons (Fsp3) is 0.929. The maximum absolute atomic E-state index is 10.0. The summed E-state index contributed by atoms with van der Waals surface area (Å²) in [6, 6.07) is 0. The molecule has 0 saturated carbocycles. The summed E-state index contributed by atoms with van der Waals surface area (Å²) in [6.07, 6.45) is 3.98. The van der Waals surface area contributed by atoms with E-state index in [0.29, 0.717) is 6.42 Å². The average molecular weight is 328 g/mol. The molecule has 0 spiro atoms. The predicted molar refractivity (Wildman–Crippen MR) is 81.4 cm³/mol. The molecule has 0 aliphatic rings. The molecule has 0 atom stereocenters. The zero-order chi connectivity index (χ0) is 17.8. The summed E-state index contributed by atoms with van der Waals surface area (Å²) in [4.78, 5) is 10.0. The van der Waals surface area contributed by atoms with Gasteiger partial charge in [0.05, 0.1) is 26.4 Å². The summed E-state index contributed by atoms with van der Waals surface area (Å²) < 4.78 is 0. The Labute approximate surface area is 131 Å². The summed E-state index contributed by atoms with van der Waals surface area (Å²) in [5.41, 5.74) is 0. The molecule has 22 heavy (non-hydrogen) atoms. The van der Waals surface area contributed by atoms with Crippen molar-refractivity contribution in [3.8, 4) is 0 Å². The van der Waals surface area contributed by atoms with Gasteiger partial charge < -0.3 is 35.7 Å². The third-order valence-electron chi connectivity index (χ3n) is 2.34. The van der Waals surface area contributed by atoms with Crippen LogP contribution in [0.3, 0.4) is 0 Å². The molecular formula is C14H32O8. The van der Waals surface area contributed by atoms with Crippen molar-refractivity contribution in [3.05, 3.63) is 0 Å². The maximum Gasteiger partial charge on any atom is 0.303 e. The van der Waals surface area contributed by atoms with Gasteiger partial charge in [0, 0.05) is 6.42 Å². The van der Waals surface area contributed by atoms with E-state index in [0.717, 1.165) is 12.8 Å². The lowest BCUT2D eigenvalue weighted by Crippen LogP contribution is -2.15. The first-order chi connectivity index (χ1) is 10.4. The molecular weight excluding hydrogens is 296 g/mol. The van der Waals surface area contributed by atoms with Gasteiger partial charge in [-0.15, -0.1) is 0 Å². The van der Waals surface area contributed by atoms with Crippen LogP contribution in [0, 0.1) is 0 Å². The first kappa shape index (κ1) is 26.1. The number of aliphatic carboxylic acids is 1. The van der Waals surface area contributed by atoms with Gasteiger partial charge in [0.2, 0.25) is 0 Å². The minimum absolute atomic E-state index is 0.337. The Bertz CT molecular complexity index is 195. The third-order valence-corrected chi connectivity index (χ3v) is 2.34. The van der Waals surface area contributed by atoms with E-state index >= 15 is 0 Å². The molecule has 0 heterocycles. The number of carbonyl (C=O) groups is 1. The largest absolute Gasteiger partial charge is 0.481 e. The molecule has 7 N–H and O–H groups in total. The monoisotopic (exact) mass is 328 g/mol. The second-order valence-corrected chi connectivity index (χ2v) is 4.60. The summed E-state index contributed by atoms with van der Waals surface area (Å²) in [7, 11) is 0. The van der Waals surface area contributed by atoms with Crippen LogP contribution in [0.5, 0.6) is 0 Å². The number of aliphatic hydroxyl groups excluding tert-OH is 6. The second-order valence-electron chi connectivity index (χ2n) is 4.60. The first-order valence-electron chi connectivity index (χ1n) is 7.40. The SMILES string of the molecule is CCCCCCCC(=O)O.OCC(O)CO.OCC(O)CO. The van der Waals surface area contributed by atoms with E-state index in [1.54, 1.807) is 0 Å². The van der Waals surface area contributed by atoms with Crippen LogP contribution >= 0.6 is 0 Å². The van der Waals surface area contributed by atoms with Crippen LogP contribution in [0.4, 0.5) is 0 Å². The van der Waals surface area contributed by atoms with Gasteiger partial charge in [-0.3, -0.25) is 4.79 Å². The molecule has 0 aromatic heterocycles. The van der Waals surface area contributed by atoms with Crippen molar-refractivity contribution in [1.82, 2.24) is 0 Å². The Hall–Kier alpha value is -0.770. The molecule has 0 aromatic carbocycles. The van der Waals surface area contributed by atoms with E-state index in [4.69, 9.17) is 35.7 Å². The molecule has 0 rings (SSSR count). The van der Waals surface area contributed by atoms with E-state index in [9.17, 15) is 4.79 Å². The smallest absolute Gasteiger partial charge is 0.303 e. The number of aliphatic hydroxyl groups is 6. The van der Waals surface area contributed by atoms with Crippen LogP contribution in [0.1, 0.15) is 45.4 Å². The van der Waals surface area contributed by atoms with E-state index in [1.807, 2.05) is 0 Å². The maximum atomic E-state index is 10.0. The first-order valence-corrected chi connectivity index (χ1v) is 7.40. The number of rotatable bonds is 10. The van der Waals surface area contributed by atoms with Crippen LogP contribution < -0.4 is 0 Å². The predicted octanol–water partition coefficient (Wildman–Crippen LogP) is -0.905. The Morgan fingerprint density at radius 3 is 1.36 bits per heavy atom. The Morgan fingerprint density at radius 2 is 1.14 bits per heavy atom. The third kappa shape index (κ3) is 31.6. The van der Waals surface area contributed by atoms with Crippen LogP contribution in [0.2, 0.25) is 0 Å². The molecule has 0 aliphatic heterocycles. The van der Waals surface area contributed by atoms with Crippen molar-refractivity contribution in [2.45, 2.75) is 57.7 Å². The molecule has 136 valence electrons. The average Bonchev–Trinajstić information content (AvgIpc) is 2.53. The summed E-state index contributed by atoms with van der Waals surface area (Å²) >= 11 is 0. The minimum Gasteiger partial charge on any atom is -0.481 e. The zero-order valence-corrected chi connectivity index (χ0v) is 13.3. The molecule has 0 aliphatic carbocycles. The number of carboxylic acids is 1. The molecule has 0 amide bonds. The summed E-state index contributed by atoms with van der Waals surface area (Å²) in [5.74, 6) is -0.670. The van der Waals surface area contributed by atoms with Gasteiger partial charge in [-0.25, -0.2) is 0 Å². The van der Waals surface area contributed by atoms with Gasteiger partial charge in [0.25, 0.3) is 0 Å². The van der Waals surface area contributed by atoms with Gasteiger partial charge in [0.15, 0.2) is 0 Å². The molecule has 0 aromatic rings. The van der Waals surface area contributed by atoms with Gasteiger partial charge in [0.1, 0.15) is 12.2 Å². The standard InChI is InChI=1S/C8H16O2.2C3H8O3/c1-2-3-4-5-6-7-8(9)10;2*4-1-3(6)2-5/h2-7H2,1H3,(H,9,10);2*3-6H,1-2H2. The van der Waals surface area contributed by atoms with Crippen molar-refractivity contribution in [2.24, 2.45) is 0 Å². The lowest BCUT2D eigenvalue weighted by Gasteiger charge is -1.96. The van der Waals surface area contributed by atoms with Gasteiger partial charge in [-0.1, -0.05) is 32.6 Å². The van der Waals surface area contributed by atoms with Crippen LogP contribution in [0.25, 0.3) is 0 Å². The highest BCUT2D eigenvalue weighted by molar-refractivity contribution is 5.66. The van der Waals surface area contributed by atoms with E-state index in [2.05, 4.69) is 6.92 Å². The number of hydrogen-bond donors (Lipinski definition) is 7. The Kier molecular flexibility index (Phi) is 26.8. The molecule has 0 bridgehead atoms. The van der Waals surface area contributed by atoms with E-state index < -0.39 is 18.2 Å². The number of hydrogen-bond acceptors (Lipinski definition) is 7. The highest BCUT2D eigenvalue weighted by Gasteiger charge is 1.95. The minimum atomic E-state index is -0.954. The molecule has 0 saturated heterocycles. The lowest BCUT2D eigenvalue weighted by molar-refractivity contribution is -0.137. The fourth-order valence-electron chi connectivity index (χ4n) is 0.995. The molecule has 8 heteroatoms. The van der Waals surface area contributed by atoms with Crippen LogP contribution in [-0.4, -0.2) is 80.4 Å². The van der Waals surface area contributed by atoms with E-state index in [1.165, 1.54) is 19.3 Å². The molecule has 8 nitrogen and oxygen atoms in total. The Balaban J connectivity index is -0.000000261. The van der Waals surface area contributed by atoms with E-state index in [-0.39, 0.29) is 26.4 Å². The van der Waals surface area contributed by atoms with Crippen molar-refractivity contribution in [2.75, 3.05) is 26.4 Å². The van der Waals surface area contributed by atoms with Crippen LogP contribution in [-0.2, 0) is 4.79 Å². The number of unbranched alkanes of at least 4 members (excludes halogenated alkanes) is 4. The number of carboxylic acid groups (broad SMARTS) is 1. The van der Waals surface area contributed by atoms with Crippen molar-refractivity contribution in [3.63, 3.8) is 0 Å².